The molecule has 1 aromatic heterocycles. The van der Waals surface area contributed by atoms with Gasteiger partial charge in [0.25, 0.3) is 0 Å². The lowest BCUT2D eigenvalue weighted by atomic mass is 10.1. The molecule has 1 heterocycles. The van der Waals surface area contributed by atoms with Gasteiger partial charge >= 0.3 is 0 Å². The van der Waals surface area contributed by atoms with Gasteiger partial charge in [-0.2, -0.15) is 0 Å². The van der Waals surface area contributed by atoms with Crippen LogP contribution in [0.25, 0.3) is 0 Å². The molecule has 0 saturated heterocycles. The second-order valence-electron chi connectivity index (χ2n) is 4.09. The summed E-state index contributed by atoms with van der Waals surface area (Å²) in [4.78, 5) is 2.03. The quantitative estimate of drug-likeness (QED) is 0.854. The smallest absolute Gasteiger partial charge is 0.135 e. The van der Waals surface area contributed by atoms with Gasteiger partial charge in [-0.1, -0.05) is 18.3 Å². The van der Waals surface area contributed by atoms with E-state index in [0.29, 0.717) is 18.8 Å². The zero-order chi connectivity index (χ0) is 13.8. The van der Waals surface area contributed by atoms with Gasteiger partial charge in [0.1, 0.15) is 16.6 Å². The van der Waals surface area contributed by atoms with Crippen molar-refractivity contribution in [3.8, 4) is 0 Å². The van der Waals surface area contributed by atoms with Crippen LogP contribution in [0.4, 0.5) is 10.1 Å². The minimum Gasteiger partial charge on any atom is -0.467 e. The fourth-order valence-corrected chi connectivity index (χ4v) is 2.18. The number of nitrogens with zero attached hydrogens (tertiary/aromatic N) is 1. The van der Waals surface area contributed by atoms with Crippen LogP contribution in [0, 0.1) is 5.82 Å². The standard InChI is InChI=1S/C14H15FN2OS/c1-2-17(9-10-5-4-8-18-10)12-7-3-6-11(15)13(12)14(16)19/h3-8H,2,9H2,1H3,(H2,16,19). The average Bonchev–Trinajstić information content (AvgIpc) is 2.88. The summed E-state index contributed by atoms with van der Waals surface area (Å²) in [5.41, 5.74) is 6.59. The molecule has 2 N–H and O–H groups in total. The van der Waals surface area contributed by atoms with Crippen LogP contribution >= 0.6 is 12.2 Å². The van der Waals surface area contributed by atoms with Crippen molar-refractivity contribution in [3.05, 3.63) is 53.7 Å². The highest BCUT2D eigenvalue weighted by atomic mass is 32.1. The summed E-state index contributed by atoms with van der Waals surface area (Å²) in [6.45, 7) is 3.22. The molecule has 0 radical (unpaired) electrons. The summed E-state index contributed by atoms with van der Waals surface area (Å²) in [5.74, 6) is 0.405. The molecule has 0 atom stereocenters. The van der Waals surface area contributed by atoms with E-state index in [9.17, 15) is 4.39 Å². The third-order valence-corrected chi connectivity index (χ3v) is 3.09. The number of anilines is 1. The summed E-state index contributed by atoms with van der Waals surface area (Å²) < 4.78 is 19.2. The van der Waals surface area contributed by atoms with E-state index >= 15 is 0 Å². The van der Waals surface area contributed by atoms with Gasteiger partial charge in [-0.15, -0.1) is 0 Å². The molecule has 0 bridgehead atoms. The van der Waals surface area contributed by atoms with Crippen LogP contribution in [0.1, 0.15) is 18.2 Å². The van der Waals surface area contributed by atoms with Gasteiger partial charge in [0, 0.05) is 6.54 Å². The molecule has 0 unspecified atom stereocenters. The lowest BCUT2D eigenvalue weighted by molar-refractivity contribution is 0.503. The Morgan fingerprint density at radius 3 is 2.74 bits per heavy atom. The number of halogens is 1. The number of hydrogen-bond acceptors (Lipinski definition) is 3. The highest BCUT2D eigenvalue weighted by Crippen LogP contribution is 2.24. The predicted molar refractivity (Wildman–Crippen MR) is 77.7 cm³/mol. The summed E-state index contributed by atoms with van der Waals surface area (Å²) in [5, 5.41) is 0. The molecule has 0 aliphatic carbocycles. The van der Waals surface area contributed by atoms with Crippen LogP contribution in [0.5, 0.6) is 0 Å². The van der Waals surface area contributed by atoms with Crippen LogP contribution in [0.3, 0.4) is 0 Å². The maximum absolute atomic E-state index is 13.9. The minimum absolute atomic E-state index is 0.0611. The van der Waals surface area contributed by atoms with Crippen molar-refractivity contribution in [1.82, 2.24) is 0 Å². The van der Waals surface area contributed by atoms with Gasteiger partial charge < -0.3 is 15.1 Å². The first-order chi connectivity index (χ1) is 9.13. The van der Waals surface area contributed by atoms with E-state index in [1.807, 2.05) is 30.0 Å². The van der Waals surface area contributed by atoms with Crippen LogP contribution in [-0.2, 0) is 6.54 Å². The fraction of sp³-hybridized carbons (Fsp3) is 0.214. The molecule has 0 saturated carbocycles. The van der Waals surface area contributed by atoms with E-state index in [-0.39, 0.29) is 10.6 Å². The average molecular weight is 278 g/mol. The van der Waals surface area contributed by atoms with E-state index < -0.39 is 5.82 Å². The van der Waals surface area contributed by atoms with Crippen molar-refractivity contribution in [3.63, 3.8) is 0 Å². The van der Waals surface area contributed by atoms with E-state index in [1.54, 1.807) is 12.3 Å². The van der Waals surface area contributed by atoms with Gasteiger partial charge in [0.15, 0.2) is 0 Å². The van der Waals surface area contributed by atoms with Crippen molar-refractivity contribution in [2.24, 2.45) is 5.73 Å². The van der Waals surface area contributed by atoms with Gasteiger partial charge in [-0.3, -0.25) is 0 Å². The van der Waals surface area contributed by atoms with Crippen LogP contribution in [0.15, 0.2) is 41.0 Å². The maximum Gasteiger partial charge on any atom is 0.135 e. The molecule has 2 aromatic rings. The molecule has 0 fully saturated rings. The second kappa shape index (κ2) is 5.84. The molecule has 3 nitrogen and oxygen atoms in total. The summed E-state index contributed by atoms with van der Waals surface area (Å²) in [6.07, 6.45) is 1.61. The van der Waals surface area contributed by atoms with Crippen LogP contribution in [-0.4, -0.2) is 11.5 Å². The Morgan fingerprint density at radius 2 is 2.16 bits per heavy atom. The largest absolute Gasteiger partial charge is 0.467 e. The first kappa shape index (κ1) is 13.5. The number of benzene rings is 1. The molecule has 5 heteroatoms. The second-order valence-corrected chi connectivity index (χ2v) is 4.53. The molecule has 19 heavy (non-hydrogen) atoms. The monoisotopic (exact) mass is 278 g/mol. The molecule has 0 aliphatic rings. The summed E-state index contributed by atoms with van der Waals surface area (Å²) >= 11 is 4.94. The maximum atomic E-state index is 13.9. The highest BCUT2D eigenvalue weighted by molar-refractivity contribution is 7.80. The SMILES string of the molecule is CCN(Cc1ccco1)c1cccc(F)c1C(N)=S. The van der Waals surface area contributed by atoms with Crippen molar-refractivity contribution >= 4 is 22.9 Å². The number of hydrogen-bond donors (Lipinski definition) is 1. The van der Waals surface area contributed by atoms with E-state index in [4.69, 9.17) is 22.4 Å². The summed E-state index contributed by atoms with van der Waals surface area (Å²) in [7, 11) is 0. The first-order valence-corrected chi connectivity index (χ1v) is 6.40. The topological polar surface area (TPSA) is 42.4 Å². The number of nitrogens with two attached hydrogens (primary N) is 1. The van der Waals surface area contributed by atoms with Gasteiger partial charge in [0.05, 0.1) is 24.1 Å². The third-order valence-electron chi connectivity index (χ3n) is 2.89. The molecular formula is C14H15FN2OS. The Balaban J connectivity index is 2.38. The normalized spacial score (nSPS) is 10.4. The first-order valence-electron chi connectivity index (χ1n) is 5.99. The molecular weight excluding hydrogens is 263 g/mol. The van der Waals surface area contributed by atoms with E-state index in [0.717, 1.165) is 5.76 Å². The predicted octanol–water partition coefficient (Wildman–Crippen LogP) is 3.08. The van der Waals surface area contributed by atoms with Crippen molar-refractivity contribution in [2.75, 3.05) is 11.4 Å². The molecule has 2 rings (SSSR count). The molecule has 0 aliphatic heterocycles. The number of furan rings is 1. The Kier molecular flexibility index (Phi) is 4.16. The van der Waals surface area contributed by atoms with Gasteiger partial charge in [-0.25, -0.2) is 4.39 Å². The molecule has 1 aromatic carbocycles. The van der Waals surface area contributed by atoms with Gasteiger partial charge in [-0.05, 0) is 31.2 Å². The Labute approximate surface area is 116 Å². The lowest BCUT2D eigenvalue weighted by Crippen LogP contribution is -2.26. The van der Waals surface area contributed by atoms with Crippen molar-refractivity contribution < 1.29 is 8.81 Å². The molecule has 100 valence electrons. The molecule has 0 spiro atoms. The Bertz CT molecular complexity index is 569. The third kappa shape index (κ3) is 2.93. The van der Waals surface area contributed by atoms with E-state index in [2.05, 4.69) is 0 Å². The van der Waals surface area contributed by atoms with Crippen LogP contribution in [0.2, 0.25) is 0 Å². The highest BCUT2D eigenvalue weighted by Gasteiger charge is 2.16. The molecule has 0 amide bonds. The van der Waals surface area contributed by atoms with Crippen LogP contribution < -0.4 is 10.6 Å². The zero-order valence-corrected chi connectivity index (χ0v) is 11.4. The summed E-state index contributed by atoms with van der Waals surface area (Å²) in [6, 6.07) is 8.52. The number of thiocarbonyl (C=S) groups is 1. The zero-order valence-electron chi connectivity index (χ0n) is 10.6. The lowest BCUT2D eigenvalue weighted by Gasteiger charge is -2.24. The minimum atomic E-state index is -0.400. The fourth-order valence-electron chi connectivity index (χ4n) is 1.98. The van der Waals surface area contributed by atoms with E-state index in [1.165, 1.54) is 6.07 Å². The van der Waals surface area contributed by atoms with Crippen molar-refractivity contribution in [2.45, 2.75) is 13.5 Å². The van der Waals surface area contributed by atoms with Gasteiger partial charge in [0.2, 0.25) is 0 Å². The Hall–Kier alpha value is -1.88. The Morgan fingerprint density at radius 1 is 1.37 bits per heavy atom. The van der Waals surface area contributed by atoms with Crippen molar-refractivity contribution in [1.29, 1.82) is 0 Å². The number of rotatable bonds is 5.